The molecule has 150 valence electrons. The summed E-state index contributed by atoms with van der Waals surface area (Å²) in [7, 11) is 1.60. The predicted molar refractivity (Wildman–Crippen MR) is 115 cm³/mol. The van der Waals surface area contributed by atoms with Crippen molar-refractivity contribution in [3.63, 3.8) is 0 Å². The Bertz CT molecular complexity index is 965. The van der Waals surface area contributed by atoms with E-state index in [4.69, 9.17) is 9.47 Å². The minimum atomic E-state index is 0.0572. The van der Waals surface area contributed by atoms with Crippen LogP contribution in [0, 0.1) is 0 Å². The SMILES string of the molecule is COc1cccc(C(=O)CSc2ncc(-c3ccccc3)n2C[C@@H]2CCCO2)c1. The number of aromatic nitrogens is 2. The molecule has 1 atom stereocenters. The average molecular weight is 409 g/mol. The summed E-state index contributed by atoms with van der Waals surface area (Å²) in [5.74, 6) is 1.07. The highest BCUT2D eigenvalue weighted by atomic mass is 32.2. The first kappa shape index (κ1) is 19.7. The van der Waals surface area contributed by atoms with Gasteiger partial charge < -0.3 is 14.0 Å². The molecule has 2 aromatic carbocycles. The number of benzene rings is 2. The number of ketones is 1. The van der Waals surface area contributed by atoms with Crippen LogP contribution in [0.3, 0.4) is 0 Å². The molecule has 1 aliphatic rings. The van der Waals surface area contributed by atoms with Crippen LogP contribution in [0.4, 0.5) is 0 Å². The largest absolute Gasteiger partial charge is 0.497 e. The van der Waals surface area contributed by atoms with E-state index in [0.29, 0.717) is 17.1 Å². The van der Waals surface area contributed by atoms with Crippen LogP contribution in [-0.4, -0.2) is 40.9 Å². The third kappa shape index (κ3) is 4.71. The highest BCUT2D eigenvalue weighted by Gasteiger charge is 2.21. The third-order valence-corrected chi connectivity index (χ3v) is 6.01. The molecule has 0 amide bonds. The number of carbonyl (C=O) groups excluding carboxylic acids is 1. The number of thioether (sulfide) groups is 1. The predicted octanol–water partition coefficient (Wildman–Crippen LogP) is 4.71. The van der Waals surface area contributed by atoms with Crippen LogP contribution in [0.5, 0.6) is 5.75 Å². The first-order valence-corrected chi connectivity index (χ1v) is 10.8. The molecule has 0 spiro atoms. The van der Waals surface area contributed by atoms with Crippen molar-refractivity contribution < 1.29 is 14.3 Å². The van der Waals surface area contributed by atoms with Gasteiger partial charge in [-0.2, -0.15) is 0 Å². The maximum absolute atomic E-state index is 12.7. The maximum atomic E-state index is 12.7. The molecule has 3 aromatic rings. The van der Waals surface area contributed by atoms with Crippen LogP contribution >= 0.6 is 11.8 Å². The van der Waals surface area contributed by atoms with E-state index in [1.807, 2.05) is 42.6 Å². The number of methoxy groups -OCH3 is 1. The zero-order valence-electron chi connectivity index (χ0n) is 16.4. The van der Waals surface area contributed by atoms with E-state index in [1.54, 1.807) is 13.2 Å². The number of ether oxygens (including phenoxy) is 2. The Morgan fingerprint density at radius 2 is 2.10 bits per heavy atom. The molecule has 0 radical (unpaired) electrons. The molecule has 1 saturated heterocycles. The second kappa shape index (κ2) is 9.29. The fourth-order valence-electron chi connectivity index (χ4n) is 3.49. The number of Topliss-reactive ketones (excluding diaryl/α,β-unsaturated/α-hetero) is 1. The summed E-state index contributed by atoms with van der Waals surface area (Å²) in [4.78, 5) is 17.3. The van der Waals surface area contributed by atoms with Crippen molar-refractivity contribution in [2.45, 2.75) is 30.6 Å². The summed E-state index contributed by atoms with van der Waals surface area (Å²) in [5.41, 5.74) is 2.82. The van der Waals surface area contributed by atoms with Crippen molar-refractivity contribution in [1.29, 1.82) is 0 Å². The summed E-state index contributed by atoms with van der Waals surface area (Å²) in [5, 5.41) is 0.843. The summed E-state index contributed by atoms with van der Waals surface area (Å²) in [6, 6.07) is 17.5. The lowest BCUT2D eigenvalue weighted by Crippen LogP contribution is -2.17. The first-order valence-electron chi connectivity index (χ1n) is 9.77. The standard InChI is InChI=1S/C23H24N2O3S/c1-27-19-10-5-9-18(13-19)22(26)16-29-23-24-14-21(17-7-3-2-4-8-17)25(23)15-20-11-6-12-28-20/h2-5,7-10,13-14,20H,6,11-12,15-16H2,1H3/t20-/m0/s1. The zero-order valence-corrected chi connectivity index (χ0v) is 17.2. The summed E-state index contributed by atoms with van der Waals surface area (Å²) in [6.07, 6.45) is 4.23. The highest BCUT2D eigenvalue weighted by molar-refractivity contribution is 7.99. The van der Waals surface area contributed by atoms with Crippen molar-refractivity contribution in [1.82, 2.24) is 9.55 Å². The molecular weight excluding hydrogens is 384 g/mol. The molecule has 0 bridgehead atoms. The van der Waals surface area contributed by atoms with E-state index in [0.717, 1.165) is 42.4 Å². The lowest BCUT2D eigenvalue weighted by atomic mass is 10.1. The Hall–Kier alpha value is -2.57. The van der Waals surface area contributed by atoms with Gasteiger partial charge in [0.05, 0.1) is 37.4 Å². The second-order valence-corrected chi connectivity index (χ2v) is 7.92. The van der Waals surface area contributed by atoms with Crippen LogP contribution in [0.2, 0.25) is 0 Å². The quantitative estimate of drug-likeness (QED) is 0.399. The molecule has 0 N–H and O–H groups in total. The summed E-state index contributed by atoms with van der Waals surface area (Å²) in [6.45, 7) is 1.57. The molecule has 29 heavy (non-hydrogen) atoms. The second-order valence-electron chi connectivity index (χ2n) is 6.98. The molecular formula is C23H24N2O3S. The molecule has 1 aliphatic heterocycles. The molecule has 0 saturated carbocycles. The van der Waals surface area contributed by atoms with Gasteiger partial charge in [-0.25, -0.2) is 4.98 Å². The van der Waals surface area contributed by atoms with Crippen LogP contribution in [0.15, 0.2) is 66.0 Å². The van der Waals surface area contributed by atoms with Gasteiger partial charge in [0.15, 0.2) is 10.9 Å². The Labute approximate surface area is 175 Å². The van der Waals surface area contributed by atoms with E-state index in [9.17, 15) is 4.79 Å². The van der Waals surface area contributed by atoms with Gasteiger partial charge in [-0.1, -0.05) is 54.2 Å². The van der Waals surface area contributed by atoms with E-state index in [2.05, 4.69) is 21.7 Å². The van der Waals surface area contributed by atoms with Gasteiger partial charge in [0.1, 0.15) is 5.75 Å². The summed E-state index contributed by atoms with van der Waals surface area (Å²) >= 11 is 1.47. The van der Waals surface area contributed by atoms with E-state index in [-0.39, 0.29) is 11.9 Å². The Morgan fingerprint density at radius 1 is 1.24 bits per heavy atom. The number of carbonyl (C=O) groups is 1. The normalized spacial score (nSPS) is 16.1. The van der Waals surface area contributed by atoms with Gasteiger partial charge >= 0.3 is 0 Å². The van der Waals surface area contributed by atoms with E-state index < -0.39 is 0 Å². The molecule has 2 heterocycles. The Balaban J connectivity index is 1.54. The van der Waals surface area contributed by atoms with Crippen molar-refractivity contribution >= 4 is 17.5 Å². The molecule has 1 fully saturated rings. The van der Waals surface area contributed by atoms with E-state index in [1.165, 1.54) is 11.8 Å². The number of hydrogen-bond acceptors (Lipinski definition) is 5. The van der Waals surface area contributed by atoms with Crippen molar-refractivity contribution in [2.24, 2.45) is 0 Å². The van der Waals surface area contributed by atoms with Crippen LogP contribution < -0.4 is 4.74 Å². The smallest absolute Gasteiger partial charge is 0.173 e. The number of nitrogens with zero attached hydrogens (tertiary/aromatic N) is 2. The van der Waals surface area contributed by atoms with Gasteiger partial charge in [0, 0.05) is 12.2 Å². The minimum Gasteiger partial charge on any atom is -0.497 e. The van der Waals surface area contributed by atoms with Crippen molar-refractivity contribution in [3.8, 4) is 17.0 Å². The third-order valence-electron chi connectivity index (χ3n) is 5.02. The average Bonchev–Trinajstić information content (AvgIpc) is 3.43. The van der Waals surface area contributed by atoms with Gasteiger partial charge in [0.2, 0.25) is 0 Å². The lowest BCUT2D eigenvalue weighted by molar-refractivity contribution is 0.0954. The van der Waals surface area contributed by atoms with Crippen LogP contribution in [-0.2, 0) is 11.3 Å². The number of hydrogen-bond donors (Lipinski definition) is 0. The van der Waals surface area contributed by atoms with E-state index >= 15 is 0 Å². The maximum Gasteiger partial charge on any atom is 0.173 e. The number of rotatable bonds is 8. The minimum absolute atomic E-state index is 0.0572. The van der Waals surface area contributed by atoms with Crippen LogP contribution in [0.25, 0.3) is 11.3 Å². The molecule has 6 heteroatoms. The molecule has 1 aromatic heterocycles. The molecule has 4 rings (SSSR count). The lowest BCUT2D eigenvalue weighted by Gasteiger charge is -2.16. The Morgan fingerprint density at radius 3 is 2.86 bits per heavy atom. The van der Waals surface area contributed by atoms with Crippen LogP contribution in [0.1, 0.15) is 23.2 Å². The van der Waals surface area contributed by atoms with Gasteiger partial charge in [0.25, 0.3) is 0 Å². The fourth-order valence-corrected chi connectivity index (χ4v) is 4.37. The number of imidazole rings is 1. The molecule has 5 nitrogen and oxygen atoms in total. The fraction of sp³-hybridized carbons (Fsp3) is 0.304. The van der Waals surface area contributed by atoms with Crippen molar-refractivity contribution in [2.75, 3.05) is 19.5 Å². The van der Waals surface area contributed by atoms with Crippen molar-refractivity contribution in [3.05, 3.63) is 66.4 Å². The monoisotopic (exact) mass is 408 g/mol. The topological polar surface area (TPSA) is 53.3 Å². The van der Waals surface area contributed by atoms with Gasteiger partial charge in [-0.15, -0.1) is 0 Å². The molecule has 0 unspecified atom stereocenters. The van der Waals surface area contributed by atoms with Gasteiger partial charge in [-0.05, 0) is 30.5 Å². The Kier molecular flexibility index (Phi) is 6.32. The molecule has 0 aliphatic carbocycles. The highest BCUT2D eigenvalue weighted by Crippen LogP contribution is 2.29. The van der Waals surface area contributed by atoms with Gasteiger partial charge in [-0.3, -0.25) is 4.79 Å². The zero-order chi connectivity index (χ0) is 20.1. The first-order chi connectivity index (χ1) is 14.2. The summed E-state index contributed by atoms with van der Waals surface area (Å²) < 4.78 is 13.3.